The largest absolute Gasteiger partial charge is 0.495 e. The first-order valence-corrected chi connectivity index (χ1v) is 11.9. The van der Waals surface area contributed by atoms with Gasteiger partial charge >= 0.3 is 0 Å². The quantitative estimate of drug-likeness (QED) is 0.550. The lowest BCUT2D eigenvalue weighted by Gasteiger charge is -2.29. The highest BCUT2D eigenvalue weighted by molar-refractivity contribution is 7.92. The maximum absolute atomic E-state index is 11.9. The van der Waals surface area contributed by atoms with E-state index in [1.54, 1.807) is 18.3 Å². The van der Waals surface area contributed by atoms with Crippen LogP contribution in [0.4, 0.5) is 11.4 Å². The van der Waals surface area contributed by atoms with Crippen LogP contribution >= 0.6 is 12.2 Å². The summed E-state index contributed by atoms with van der Waals surface area (Å²) in [5.74, 6) is 0.420. The predicted octanol–water partition coefficient (Wildman–Crippen LogP) is 2.98. The van der Waals surface area contributed by atoms with Crippen molar-refractivity contribution in [2.75, 3.05) is 23.0 Å². The Morgan fingerprint density at radius 3 is 2.61 bits per heavy atom. The second-order valence-corrected chi connectivity index (χ2v) is 9.43. The molecule has 3 heterocycles. The van der Waals surface area contributed by atoms with Gasteiger partial charge in [0.1, 0.15) is 11.8 Å². The monoisotopic (exact) mass is 457 g/mol. The van der Waals surface area contributed by atoms with Gasteiger partial charge in [0, 0.05) is 30.8 Å². The predicted molar refractivity (Wildman–Crippen MR) is 125 cm³/mol. The summed E-state index contributed by atoms with van der Waals surface area (Å²) < 4.78 is 33.6. The average molecular weight is 458 g/mol. The molecule has 10 heteroatoms. The van der Waals surface area contributed by atoms with Gasteiger partial charge in [0.15, 0.2) is 5.11 Å². The number of ether oxygens (including phenoxy) is 1. The first-order chi connectivity index (χ1) is 14.8. The molecule has 0 saturated carbocycles. The lowest BCUT2D eigenvalue weighted by atomic mass is 10.0. The van der Waals surface area contributed by atoms with Crippen LogP contribution in [0.1, 0.15) is 23.5 Å². The Morgan fingerprint density at radius 1 is 1.19 bits per heavy atom. The number of hydrogen-bond acceptors (Lipinski definition) is 5. The van der Waals surface area contributed by atoms with Crippen LogP contribution in [0, 0.1) is 0 Å². The van der Waals surface area contributed by atoms with Crippen molar-refractivity contribution < 1.29 is 13.2 Å². The van der Waals surface area contributed by atoms with Crippen LogP contribution in [0.15, 0.2) is 60.9 Å². The van der Waals surface area contributed by atoms with E-state index in [0.717, 1.165) is 23.3 Å². The Hall–Kier alpha value is -3.11. The molecular weight excluding hydrogens is 434 g/mol. The van der Waals surface area contributed by atoms with Crippen molar-refractivity contribution >= 4 is 38.7 Å². The second-order valence-electron chi connectivity index (χ2n) is 7.30. The highest BCUT2D eigenvalue weighted by Crippen LogP contribution is 2.43. The summed E-state index contributed by atoms with van der Waals surface area (Å²) >= 11 is 5.72. The van der Waals surface area contributed by atoms with Crippen LogP contribution in [0.3, 0.4) is 0 Å². The lowest BCUT2D eigenvalue weighted by molar-refractivity contribution is 0.417. The van der Waals surface area contributed by atoms with Gasteiger partial charge in [-0.3, -0.25) is 9.71 Å². The summed E-state index contributed by atoms with van der Waals surface area (Å²) in [6.07, 6.45) is 4.84. The van der Waals surface area contributed by atoms with Crippen molar-refractivity contribution in [3.05, 3.63) is 72.3 Å². The third-order valence-corrected chi connectivity index (χ3v) is 6.05. The maximum Gasteiger partial charge on any atom is 0.229 e. The van der Waals surface area contributed by atoms with Gasteiger partial charge in [0.2, 0.25) is 10.0 Å². The lowest BCUT2D eigenvalue weighted by Crippen LogP contribution is -2.30. The van der Waals surface area contributed by atoms with E-state index in [1.807, 2.05) is 59.1 Å². The minimum absolute atomic E-state index is 0.185. The van der Waals surface area contributed by atoms with Crippen LogP contribution < -0.4 is 19.7 Å². The van der Waals surface area contributed by atoms with E-state index in [1.165, 1.54) is 7.11 Å². The molecule has 4 rings (SSSR count). The van der Waals surface area contributed by atoms with Crippen LogP contribution in [0.25, 0.3) is 0 Å². The fourth-order valence-electron chi connectivity index (χ4n) is 3.84. The topological polar surface area (TPSA) is 88.5 Å². The maximum atomic E-state index is 11.9. The fourth-order valence-corrected chi connectivity index (χ4v) is 4.75. The zero-order chi connectivity index (χ0) is 22.2. The van der Waals surface area contributed by atoms with Gasteiger partial charge in [0.25, 0.3) is 0 Å². The van der Waals surface area contributed by atoms with Crippen LogP contribution in [0.5, 0.6) is 5.75 Å². The Balaban J connectivity index is 1.83. The van der Waals surface area contributed by atoms with E-state index in [4.69, 9.17) is 17.0 Å². The first kappa shape index (κ1) is 21.1. The Kier molecular flexibility index (Phi) is 5.59. The molecule has 0 aliphatic carbocycles. The van der Waals surface area contributed by atoms with Crippen molar-refractivity contribution in [3.63, 3.8) is 0 Å². The van der Waals surface area contributed by atoms with E-state index in [2.05, 4.69) is 15.0 Å². The molecular formula is C21H23N5O3S2. The van der Waals surface area contributed by atoms with Gasteiger partial charge in [-0.15, -0.1) is 0 Å². The van der Waals surface area contributed by atoms with E-state index < -0.39 is 10.0 Å². The number of pyridine rings is 1. The molecule has 0 spiro atoms. The second kappa shape index (κ2) is 8.20. The van der Waals surface area contributed by atoms with Gasteiger partial charge in [-0.25, -0.2) is 8.42 Å². The highest BCUT2D eigenvalue weighted by Gasteiger charge is 2.42. The molecule has 1 aliphatic rings. The Morgan fingerprint density at radius 2 is 2.00 bits per heavy atom. The summed E-state index contributed by atoms with van der Waals surface area (Å²) in [4.78, 5) is 6.52. The number of aromatic nitrogens is 2. The van der Waals surface area contributed by atoms with Crippen LogP contribution in [0.2, 0.25) is 0 Å². The smallest absolute Gasteiger partial charge is 0.229 e. The molecule has 8 nitrogen and oxygen atoms in total. The minimum atomic E-state index is -3.49. The highest BCUT2D eigenvalue weighted by atomic mass is 32.2. The van der Waals surface area contributed by atoms with Crippen molar-refractivity contribution in [3.8, 4) is 5.75 Å². The van der Waals surface area contributed by atoms with Gasteiger partial charge in [0.05, 0.1) is 30.8 Å². The molecule has 1 fully saturated rings. The number of rotatable bonds is 6. The number of thiocarbonyl (C=S) groups is 1. The third kappa shape index (κ3) is 4.21. The summed E-state index contributed by atoms with van der Waals surface area (Å²) in [6, 6.07) is 14.7. The third-order valence-electron chi connectivity index (χ3n) is 5.14. The average Bonchev–Trinajstić information content (AvgIpc) is 3.29. The summed E-state index contributed by atoms with van der Waals surface area (Å²) in [6.45, 7) is 0. The number of nitrogens with zero attached hydrogens (tertiary/aromatic N) is 3. The molecule has 3 aromatic rings. The van der Waals surface area contributed by atoms with E-state index in [-0.39, 0.29) is 12.1 Å². The van der Waals surface area contributed by atoms with Gasteiger partial charge < -0.3 is 19.5 Å². The number of methoxy groups -OCH3 is 1. The molecule has 2 atom stereocenters. The number of aryl methyl sites for hydroxylation is 1. The van der Waals surface area contributed by atoms with Crippen molar-refractivity contribution in [1.82, 2.24) is 14.9 Å². The van der Waals surface area contributed by atoms with E-state index in [9.17, 15) is 8.42 Å². The van der Waals surface area contributed by atoms with E-state index >= 15 is 0 Å². The summed E-state index contributed by atoms with van der Waals surface area (Å²) in [7, 11) is -0.0163. The molecule has 1 aromatic carbocycles. The molecule has 1 aliphatic heterocycles. The zero-order valence-electron chi connectivity index (χ0n) is 17.3. The van der Waals surface area contributed by atoms with Crippen LogP contribution in [-0.2, 0) is 17.1 Å². The standard InChI is InChI=1S/C21H23N5O3S2/c1-25-12-6-8-17(25)20-19(15-7-4-5-11-22-15)23-21(30)26(20)14-9-10-18(29-2)16(13-14)24-31(3,27)28/h4-13,19-20,24H,1-3H3,(H,23,30). The molecule has 2 unspecified atom stereocenters. The van der Waals surface area contributed by atoms with Crippen molar-refractivity contribution in [2.45, 2.75) is 12.1 Å². The molecule has 31 heavy (non-hydrogen) atoms. The van der Waals surface area contributed by atoms with Crippen molar-refractivity contribution in [1.29, 1.82) is 0 Å². The van der Waals surface area contributed by atoms with E-state index in [0.29, 0.717) is 16.5 Å². The molecule has 0 bridgehead atoms. The van der Waals surface area contributed by atoms with Gasteiger partial charge in [-0.05, 0) is 54.7 Å². The summed E-state index contributed by atoms with van der Waals surface area (Å²) in [5.41, 5.74) is 2.98. The van der Waals surface area contributed by atoms with Gasteiger partial charge in [-0.1, -0.05) is 6.07 Å². The minimum Gasteiger partial charge on any atom is -0.495 e. The van der Waals surface area contributed by atoms with Crippen molar-refractivity contribution in [2.24, 2.45) is 7.05 Å². The Labute approximate surface area is 186 Å². The van der Waals surface area contributed by atoms with Gasteiger partial charge in [-0.2, -0.15) is 0 Å². The SMILES string of the molecule is COc1ccc(N2C(=S)NC(c3ccccn3)C2c2cccn2C)cc1NS(C)(=O)=O. The number of hydrogen-bond donors (Lipinski definition) is 2. The zero-order valence-corrected chi connectivity index (χ0v) is 18.9. The molecule has 0 amide bonds. The number of anilines is 2. The number of nitrogens with one attached hydrogen (secondary N) is 2. The molecule has 2 N–H and O–H groups in total. The molecule has 1 saturated heterocycles. The normalized spacial score (nSPS) is 18.7. The molecule has 0 radical (unpaired) electrons. The van der Waals surface area contributed by atoms with Crippen LogP contribution in [-0.4, -0.2) is 36.4 Å². The first-order valence-electron chi connectivity index (χ1n) is 9.56. The number of sulfonamides is 1. The Bertz CT molecular complexity index is 1210. The summed E-state index contributed by atoms with van der Waals surface area (Å²) in [5, 5.41) is 3.92. The number of benzene rings is 1. The fraction of sp³-hybridized carbons (Fsp3) is 0.238. The molecule has 2 aromatic heterocycles. The molecule has 162 valence electrons.